The number of carbonyl (C=O) groups is 1. The summed E-state index contributed by atoms with van der Waals surface area (Å²) in [5.74, 6) is -0.174. The number of hydrogen-bond acceptors (Lipinski definition) is 5. The number of carbonyl (C=O) groups excluding carboxylic acids is 1. The van der Waals surface area contributed by atoms with E-state index in [0.29, 0.717) is 17.4 Å². The lowest BCUT2D eigenvalue weighted by molar-refractivity contribution is -0.870. The molecule has 0 saturated carbocycles. The van der Waals surface area contributed by atoms with E-state index >= 15 is 0 Å². The van der Waals surface area contributed by atoms with E-state index in [0.717, 1.165) is 38.5 Å². The molecule has 0 heterocycles. The van der Waals surface area contributed by atoms with Gasteiger partial charge < -0.3 is 19.8 Å². The molecule has 3 atom stereocenters. The highest BCUT2D eigenvalue weighted by atomic mass is 31.2. The average molecular weight is 788 g/mol. The molecule has 0 aromatic rings. The van der Waals surface area contributed by atoms with Gasteiger partial charge in [-0.2, -0.15) is 0 Å². The Morgan fingerprint density at radius 2 is 0.981 bits per heavy atom. The molecular formula is C45H92N2O6P+. The van der Waals surface area contributed by atoms with Crippen LogP contribution in [0.2, 0.25) is 0 Å². The van der Waals surface area contributed by atoms with E-state index in [4.69, 9.17) is 9.05 Å². The van der Waals surface area contributed by atoms with E-state index in [1.165, 1.54) is 161 Å². The summed E-state index contributed by atoms with van der Waals surface area (Å²) in [6.45, 7) is 4.83. The van der Waals surface area contributed by atoms with Crippen LogP contribution in [0.4, 0.5) is 0 Å². The highest BCUT2D eigenvalue weighted by Crippen LogP contribution is 2.43. The number of nitrogens with one attached hydrogen (secondary N) is 1. The summed E-state index contributed by atoms with van der Waals surface area (Å²) >= 11 is 0. The van der Waals surface area contributed by atoms with Crippen LogP contribution >= 0.6 is 7.82 Å². The maximum absolute atomic E-state index is 12.9. The first-order valence-electron chi connectivity index (χ1n) is 23.1. The quantitative estimate of drug-likeness (QED) is 0.0246. The average Bonchev–Trinajstić information content (AvgIpc) is 3.12. The predicted molar refractivity (Wildman–Crippen MR) is 231 cm³/mol. The SMILES string of the molecule is CCCCCCCCCCCCCC/C=C/C(O)C(COP(=O)(O)OCC[N+](C)(C)C)NC(=O)CCCCCCCCCCCCCCCCCCCC. The fourth-order valence-electron chi connectivity index (χ4n) is 6.81. The Kier molecular flexibility index (Phi) is 37.3. The molecule has 0 aliphatic rings. The van der Waals surface area contributed by atoms with Gasteiger partial charge in [0, 0.05) is 6.42 Å². The van der Waals surface area contributed by atoms with Gasteiger partial charge >= 0.3 is 7.82 Å². The maximum Gasteiger partial charge on any atom is 0.472 e. The third kappa shape index (κ3) is 39.5. The third-order valence-corrected chi connectivity index (χ3v) is 11.5. The smallest absolute Gasteiger partial charge is 0.387 e. The fourth-order valence-corrected chi connectivity index (χ4v) is 7.54. The second-order valence-electron chi connectivity index (χ2n) is 17.1. The number of rotatable bonds is 42. The molecule has 0 rings (SSSR count). The van der Waals surface area contributed by atoms with Gasteiger partial charge in [-0.3, -0.25) is 13.8 Å². The molecule has 0 aromatic heterocycles. The number of phosphoric ester groups is 1. The fraction of sp³-hybridized carbons (Fsp3) is 0.933. The van der Waals surface area contributed by atoms with E-state index in [1.807, 2.05) is 27.2 Å². The van der Waals surface area contributed by atoms with Crippen molar-refractivity contribution in [2.75, 3.05) is 40.9 Å². The number of amides is 1. The van der Waals surface area contributed by atoms with Crippen LogP contribution < -0.4 is 5.32 Å². The van der Waals surface area contributed by atoms with Crippen LogP contribution in [0, 0.1) is 0 Å². The second-order valence-corrected chi connectivity index (χ2v) is 18.6. The van der Waals surface area contributed by atoms with Crippen molar-refractivity contribution in [3.05, 3.63) is 12.2 Å². The molecule has 0 spiro atoms. The normalized spacial score (nSPS) is 14.4. The molecule has 9 heteroatoms. The summed E-state index contributed by atoms with van der Waals surface area (Å²) in [7, 11) is 1.58. The lowest BCUT2D eigenvalue weighted by atomic mass is 10.0. The van der Waals surface area contributed by atoms with Gasteiger partial charge in [0.2, 0.25) is 5.91 Å². The number of nitrogens with zero attached hydrogens (tertiary/aromatic N) is 1. The molecule has 0 aromatic carbocycles. The van der Waals surface area contributed by atoms with Gasteiger partial charge in [0.15, 0.2) is 0 Å². The number of aliphatic hydroxyl groups excluding tert-OH is 1. The van der Waals surface area contributed by atoms with Crippen molar-refractivity contribution in [3.63, 3.8) is 0 Å². The molecule has 1 amide bonds. The Hall–Kier alpha value is -0.760. The second kappa shape index (κ2) is 37.8. The zero-order valence-corrected chi connectivity index (χ0v) is 37.4. The summed E-state index contributed by atoms with van der Waals surface area (Å²) in [5.41, 5.74) is 0. The minimum Gasteiger partial charge on any atom is -0.387 e. The Morgan fingerprint density at radius 1 is 0.611 bits per heavy atom. The van der Waals surface area contributed by atoms with Crippen LogP contribution in [0.1, 0.15) is 219 Å². The first-order valence-corrected chi connectivity index (χ1v) is 24.6. The highest BCUT2D eigenvalue weighted by molar-refractivity contribution is 7.47. The van der Waals surface area contributed by atoms with Crippen molar-refractivity contribution in [1.82, 2.24) is 5.32 Å². The van der Waals surface area contributed by atoms with Gasteiger partial charge in [-0.1, -0.05) is 206 Å². The van der Waals surface area contributed by atoms with Crippen molar-refractivity contribution in [3.8, 4) is 0 Å². The van der Waals surface area contributed by atoms with Crippen LogP contribution in [0.3, 0.4) is 0 Å². The van der Waals surface area contributed by atoms with Crippen LogP contribution in [0.15, 0.2) is 12.2 Å². The number of allylic oxidation sites excluding steroid dienone is 1. The lowest BCUT2D eigenvalue weighted by Crippen LogP contribution is -2.45. The highest BCUT2D eigenvalue weighted by Gasteiger charge is 2.27. The van der Waals surface area contributed by atoms with Crippen LogP contribution in [-0.2, 0) is 18.4 Å². The number of aliphatic hydroxyl groups is 1. The van der Waals surface area contributed by atoms with Gasteiger partial charge in [0.25, 0.3) is 0 Å². The molecule has 0 fully saturated rings. The summed E-state index contributed by atoms with van der Waals surface area (Å²) < 4.78 is 23.6. The molecule has 3 N–H and O–H groups in total. The van der Waals surface area contributed by atoms with E-state index in [-0.39, 0.29) is 19.1 Å². The number of unbranched alkanes of at least 4 members (excludes halogenated alkanes) is 29. The molecule has 0 aliphatic carbocycles. The molecule has 3 unspecified atom stereocenters. The van der Waals surface area contributed by atoms with Gasteiger partial charge in [-0.15, -0.1) is 0 Å². The van der Waals surface area contributed by atoms with Gasteiger partial charge in [0.05, 0.1) is 39.9 Å². The largest absolute Gasteiger partial charge is 0.472 e. The Morgan fingerprint density at radius 3 is 1.37 bits per heavy atom. The number of likely N-dealkylation sites (N-methyl/N-ethyl adjacent to an activating group) is 1. The minimum atomic E-state index is -4.33. The summed E-state index contributed by atoms with van der Waals surface area (Å²) in [6.07, 6.45) is 42.7. The summed E-state index contributed by atoms with van der Waals surface area (Å²) in [5, 5.41) is 13.8. The molecular weight excluding hydrogens is 695 g/mol. The first-order chi connectivity index (χ1) is 26.0. The topological polar surface area (TPSA) is 105 Å². The van der Waals surface area contributed by atoms with Gasteiger partial charge in [-0.05, 0) is 19.3 Å². The Labute approximate surface area is 335 Å². The molecule has 8 nitrogen and oxygen atoms in total. The number of phosphoric acid groups is 1. The van der Waals surface area contributed by atoms with Crippen LogP contribution in [-0.4, -0.2) is 73.4 Å². The zero-order valence-electron chi connectivity index (χ0n) is 36.5. The van der Waals surface area contributed by atoms with E-state index in [1.54, 1.807) is 6.08 Å². The maximum atomic E-state index is 12.9. The molecule has 322 valence electrons. The first kappa shape index (κ1) is 53.2. The molecule has 0 saturated heterocycles. The van der Waals surface area contributed by atoms with E-state index in [2.05, 4.69) is 19.2 Å². The van der Waals surface area contributed by atoms with Crippen molar-refractivity contribution in [2.45, 2.75) is 231 Å². The number of quaternary nitrogens is 1. The third-order valence-electron chi connectivity index (χ3n) is 10.5. The number of hydrogen-bond donors (Lipinski definition) is 3. The summed E-state index contributed by atoms with van der Waals surface area (Å²) in [4.78, 5) is 23.1. The molecule has 0 bridgehead atoms. The van der Waals surface area contributed by atoms with Gasteiger partial charge in [0.1, 0.15) is 13.2 Å². The van der Waals surface area contributed by atoms with Crippen molar-refractivity contribution >= 4 is 13.7 Å². The standard InChI is InChI=1S/C45H91N2O6P/c1-6-8-10-12-14-16-18-20-22-23-24-25-27-29-31-33-35-37-39-45(49)46-43(42-53-54(50,51)52-41-40-47(3,4)5)44(48)38-36-34-32-30-28-26-21-19-17-15-13-11-9-7-2/h36,38,43-44,48H,6-35,37,39-42H2,1-5H3,(H-,46,49,50,51)/p+1/b38-36+. The van der Waals surface area contributed by atoms with Crippen LogP contribution in [0.5, 0.6) is 0 Å². The molecule has 54 heavy (non-hydrogen) atoms. The Bertz CT molecular complexity index is 896. The van der Waals surface area contributed by atoms with Crippen molar-refractivity contribution in [1.29, 1.82) is 0 Å². The molecule has 0 radical (unpaired) electrons. The van der Waals surface area contributed by atoms with Crippen LogP contribution in [0.25, 0.3) is 0 Å². The monoisotopic (exact) mass is 788 g/mol. The lowest BCUT2D eigenvalue weighted by Gasteiger charge is -2.25. The van der Waals surface area contributed by atoms with Crippen molar-refractivity contribution < 1.29 is 32.9 Å². The molecule has 0 aliphatic heterocycles. The Balaban J connectivity index is 4.35. The van der Waals surface area contributed by atoms with Crippen molar-refractivity contribution in [2.24, 2.45) is 0 Å². The summed E-state index contributed by atoms with van der Waals surface area (Å²) in [6, 6.07) is -0.839. The zero-order chi connectivity index (χ0) is 40.0. The minimum absolute atomic E-state index is 0.0646. The van der Waals surface area contributed by atoms with E-state index in [9.17, 15) is 19.4 Å². The predicted octanol–water partition coefficient (Wildman–Crippen LogP) is 12.8. The van der Waals surface area contributed by atoms with E-state index < -0.39 is 20.0 Å². The van der Waals surface area contributed by atoms with Gasteiger partial charge in [-0.25, -0.2) is 4.57 Å².